The lowest BCUT2D eigenvalue weighted by molar-refractivity contribution is 0.111. The van der Waals surface area contributed by atoms with E-state index in [9.17, 15) is 9.50 Å². The van der Waals surface area contributed by atoms with Gasteiger partial charge < -0.3 is 14.2 Å². The van der Waals surface area contributed by atoms with Gasteiger partial charge in [-0.2, -0.15) is 0 Å². The molecule has 130 valence electrons. The first-order chi connectivity index (χ1) is 12.0. The number of hydrogen-bond donors (Lipinski definition) is 2. The molecule has 6 heteroatoms. The SMILES string of the molecule is Cc1cc(C)n2ccc(C(O)NC3CCOc4ccc(F)cc43)c2n1. The highest BCUT2D eigenvalue weighted by Gasteiger charge is 2.25. The summed E-state index contributed by atoms with van der Waals surface area (Å²) in [6, 6.07) is 8.15. The van der Waals surface area contributed by atoms with E-state index in [1.165, 1.54) is 12.1 Å². The molecule has 4 rings (SSSR count). The van der Waals surface area contributed by atoms with Crippen LogP contribution in [0.1, 0.15) is 41.2 Å². The van der Waals surface area contributed by atoms with Gasteiger partial charge in [-0.15, -0.1) is 0 Å². The standard InChI is InChI=1S/C19H20FN3O2/c1-11-9-12(2)23-7-5-14(18(23)21-11)19(24)22-16-6-8-25-17-4-3-13(20)10-15(16)17/h3-5,7,9-10,16,19,22,24H,6,8H2,1-2H3. The van der Waals surface area contributed by atoms with Crippen LogP contribution in [0.5, 0.6) is 5.75 Å². The summed E-state index contributed by atoms with van der Waals surface area (Å²) >= 11 is 0. The molecule has 0 saturated carbocycles. The minimum absolute atomic E-state index is 0.185. The van der Waals surface area contributed by atoms with Gasteiger partial charge in [-0.3, -0.25) is 5.32 Å². The molecule has 1 aromatic carbocycles. The predicted octanol–water partition coefficient (Wildman–Crippen LogP) is 3.19. The van der Waals surface area contributed by atoms with Crippen molar-refractivity contribution in [3.05, 3.63) is 64.9 Å². The van der Waals surface area contributed by atoms with E-state index in [0.717, 1.165) is 22.6 Å². The zero-order valence-corrected chi connectivity index (χ0v) is 14.2. The van der Waals surface area contributed by atoms with Gasteiger partial charge in [0.15, 0.2) is 0 Å². The molecule has 25 heavy (non-hydrogen) atoms. The number of hydrogen-bond acceptors (Lipinski definition) is 4. The van der Waals surface area contributed by atoms with Crippen molar-refractivity contribution in [2.75, 3.05) is 6.61 Å². The number of aliphatic hydroxyl groups is 1. The van der Waals surface area contributed by atoms with Gasteiger partial charge in [0.2, 0.25) is 0 Å². The van der Waals surface area contributed by atoms with Crippen LogP contribution in [0.25, 0.3) is 5.65 Å². The van der Waals surface area contributed by atoms with Crippen LogP contribution in [0.4, 0.5) is 4.39 Å². The monoisotopic (exact) mass is 341 g/mol. The molecule has 0 bridgehead atoms. The Kier molecular flexibility index (Phi) is 3.94. The lowest BCUT2D eigenvalue weighted by Crippen LogP contribution is -2.30. The Labute approximate surface area is 145 Å². The van der Waals surface area contributed by atoms with Crippen LogP contribution in [0.2, 0.25) is 0 Å². The van der Waals surface area contributed by atoms with Crippen LogP contribution in [-0.2, 0) is 0 Å². The summed E-state index contributed by atoms with van der Waals surface area (Å²) in [6.07, 6.45) is 1.65. The average molecular weight is 341 g/mol. The molecule has 5 nitrogen and oxygen atoms in total. The third-order valence-electron chi connectivity index (χ3n) is 4.63. The molecular weight excluding hydrogens is 321 g/mol. The van der Waals surface area contributed by atoms with Crippen molar-refractivity contribution in [1.82, 2.24) is 14.7 Å². The van der Waals surface area contributed by atoms with Crippen molar-refractivity contribution in [1.29, 1.82) is 0 Å². The van der Waals surface area contributed by atoms with Gasteiger partial charge in [-0.1, -0.05) is 0 Å². The molecule has 0 radical (unpaired) electrons. The van der Waals surface area contributed by atoms with Crippen LogP contribution in [0, 0.1) is 19.7 Å². The van der Waals surface area contributed by atoms with Gasteiger partial charge in [0.25, 0.3) is 0 Å². The van der Waals surface area contributed by atoms with Crippen molar-refractivity contribution in [3.8, 4) is 5.75 Å². The van der Waals surface area contributed by atoms with E-state index in [1.54, 1.807) is 6.07 Å². The second-order valence-corrected chi connectivity index (χ2v) is 6.44. The Balaban J connectivity index is 1.66. The topological polar surface area (TPSA) is 58.8 Å². The van der Waals surface area contributed by atoms with Crippen molar-refractivity contribution < 1.29 is 14.2 Å². The number of fused-ring (bicyclic) bond motifs is 2. The summed E-state index contributed by atoms with van der Waals surface area (Å²) in [4.78, 5) is 4.55. The Morgan fingerprint density at radius 2 is 2.16 bits per heavy atom. The first kappa shape index (κ1) is 16.1. The third kappa shape index (κ3) is 2.88. The highest BCUT2D eigenvalue weighted by molar-refractivity contribution is 5.51. The zero-order valence-electron chi connectivity index (χ0n) is 14.2. The molecule has 0 fully saturated rings. The van der Waals surface area contributed by atoms with Crippen molar-refractivity contribution in [2.24, 2.45) is 0 Å². The molecule has 2 aromatic heterocycles. The van der Waals surface area contributed by atoms with Gasteiger partial charge in [0, 0.05) is 41.2 Å². The maximum absolute atomic E-state index is 13.6. The van der Waals surface area contributed by atoms with E-state index < -0.39 is 6.23 Å². The number of benzene rings is 1. The first-order valence-corrected chi connectivity index (χ1v) is 8.34. The number of aromatic nitrogens is 2. The number of halogens is 1. The van der Waals surface area contributed by atoms with Crippen molar-refractivity contribution in [2.45, 2.75) is 32.5 Å². The Morgan fingerprint density at radius 1 is 1.32 bits per heavy atom. The maximum atomic E-state index is 13.6. The highest BCUT2D eigenvalue weighted by atomic mass is 19.1. The lowest BCUT2D eigenvalue weighted by Gasteiger charge is -2.28. The van der Waals surface area contributed by atoms with Crippen molar-refractivity contribution >= 4 is 5.65 Å². The summed E-state index contributed by atoms with van der Waals surface area (Å²) in [6.45, 7) is 4.46. The van der Waals surface area contributed by atoms with E-state index >= 15 is 0 Å². The van der Waals surface area contributed by atoms with Gasteiger partial charge in [0.05, 0.1) is 6.61 Å². The number of ether oxygens (including phenoxy) is 1. The molecule has 2 N–H and O–H groups in total. The Morgan fingerprint density at radius 3 is 3.00 bits per heavy atom. The van der Waals surface area contributed by atoms with Crippen LogP contribution in [0.3, 0.4) is 0 Å². The smallest absolute Gasteiger partial charge is 0.144 e. The first-order valence-electron chi connectivity index (χ1n) is 8.34. The molecule has 0 amide bonds. The minimum atomic E-state index is -0.905. The van der Waals surface area contributed by atoms with Crippen molar-refractivity contribution in [3.63, 3.8) is 0 Å². The van der Waals surface area contributed by atoms with Gasteiger partial charge in [0.1, 0.15) is 23.4 Å². The van der Waals surface area contributed by atoms with Gasteiger partial charge in [-0.05, 0) is 44.2 Å². The number of rotatable bonds is 3. The average Bonchev–Trinajstić information content (AvgIpc) is 2.99. The van der Waals surface area contributed by atoms with Gasteiger partial charge in [-0.25, -0.2) is 9.37 Å². The Hall–Kier alpha value is -2.44. The zero-order chi connectivity index (χ0) is 17.6. The summed E-state index contributed by atoms with van der Waals surface area (Å²) < 4.78 is 21.1. The maximum Gasteiger partial charge on any atom is 0.144 e. The molecule has 3 aromatic rings. The fraction of sp³-hybridized carbons (Fsp3) is 0.316. The summed E-state index contributed by atoms with van der Waals surface area (Å²) in [5, 5.41) is 13.9. The summed E-state index contributed by atoms with van der Waals surface area (Å²) in [7, 11) is 0. The highest BCUT2D eigenvalue weighted by Crippen LogP contribution is 2.34. The minimum Gasteiger partial charge on any atom is -0.493 e. The van der Waals surface area contributed by atoms with E-state index in [4.69, 9.17) is 4.74 Å². The Bertz CT molecular complexity index is 938. The predicted molar refractivity (Wildman–Crippen MR) is 92.0 cm³/mol. The number of aryl methyl sites for hydroxylation is 2. The largest absolute Gasteiger partial charge is 0.493 e. The van der Waals surface area contributed by atoms with Crippen LogP contribution in [0.15, 0.2) is 36.5 Å². The lowest BCUT2D eigenvalue weighted by atomic mass is 10.00. The fourth-order valence-electron chi connectivity index (χ4n) is 3.45. The number of nitrogens with zero attached hydrogens (tertiary/aromatic N) is 2. The van der Waals surface area contributed by atoms with Crippen LogP contribution < -0.4 is 10.1 Å². The molecule has 3 heterocycles. The second-order valence-electron chi connectivity index (χ2n) is 6.44. The van der Waals surface area contributed by atoms with Crippen LogP contribution >= 0.6 is 0 Å². The summed E-state index contributed by atoms with van der Waals surface area (Å²) in [5.74, 6) is 0.344. The molecule has 1 aliphatic rings. The molecule has 2 atom stereocenters. The van der Waals surface area contributed by atoms with Gasteiger partial charge >= 0.3 is 0 Å². The third-order valence-corrected chi connectivity index (χ3v) is 4.63. The normalized spacial score (nSPS) is 18.0. The summed E-state index contributed by atoms with van der Waals surface area (Å²) in [5.41, 5.74) is 4.12. The van der Waals surface area contributed by atoms with Crippen LogP contribution in [-0.4, -0.2) is 21.1 Å². The molecule has 0 spiro atoms. The molecule has 2 unspecified atom stereocenters. The molecule has 0 saturated heterocycles. The number of aliphatic hydroxyl groups excluding tert-OH is 1. The molecule has 1 aliphatic heterocycles. The molecular formula is C19H20FN3O2. The molecule has 0 aliphatic carbocycles. The van der Waals surface area contributed by atoms with E-state index in [1.807, 2.05) is 36.6 Å². The quantitative estimate of drug-likeness (QED) is 0.719. The van der Waals surface area contributed by atoms with E-state index in [2.05, 4.69) is 10.3 Å². The number of nitrogens with one attached hydrogen (secondary N) is 1. The van der Waals surface area contributed by atoms with E-state index in [-0.39, 0.29) is 11.9 Å². The van der Waals surface area contributed by atoms with E-state index in [0.29, 0.717) is 24.3 Å². The second kappa shape index (κ2) is 6.13. The fourth-order valence-corrected chi connectivity index (χ4v) is 3.45.